The van der Waals surface area contributed by atoms with Crippen LogP contribution in [0.2, 0.25) is 0 Å². The number of H-pyrrole nitrogens is 2. The minimum absolute atomic E-state index is 0.00306. The highest BCUT2D eigenvalue weighted by Crippen LogP contribution is 2.36. The van der Waals surface area contributed by atoms with Gasteiger partial charge in [-0.3, -0.25) is 24.8 Å². The second-order valence-electron chi connectivity index (χ2n) is 8.50. The first kappa shape index (κ1) is 22.0. The summed E-state index contributed by atoms with van der Waals surface area (Å²) in [4.78, 5) is 36.0. The summed E-state index contributed by atoms with van der Waals surface area (Å²) in [7, 11) is 3.79. The largest absolute Gasteiger partial charge is 0.376 e. The number of aromatic amines is 2. The average Bonchev–Trinajstić information content (AvgIpc) is 3.61. The van der Waals surface area contributed by atoms with Gasteiger partial charge in [0.1, 0.15) is 16.9 Å². The van der Waals surface area contributed by atoms with E-state index >= 15 is 4.39 Å². The van der Waals surface area contributed by atoms with Crippen molar-refractivity contribution in [2.45, 2.75) is 6.92 Å². The van der Waals surface area contributed by atoms with Crippen molar-refractivity contribution in [1.29, 1.82) is 0 Å². The SMILES string of the molecule is CC(=O)c1ccc(-c2cncc3[nH]c(-c4n[nH]c5cnc(-c6cncc(N(C)C)c6)c(F)c45)nc23)s1. The molecule has 0 bridgehead atoms. The van der Waals surface area contributed by atoms with Crippen molar-refractivity contribution in [3.05, 3.63) is 59.9 Å². The van der Waals surface area contributed by atoms with E-state index in [0.717, 1.165) is 16.1 Å². The van der Waals surface area contributed by atoms with Crippen LogP contribution in [0, 0.1) is 5.82 Å². The molecule has 0 saturated heterocycles. The van der Waals surface area contributed by atoms with Crippen molar-refractivity contribution >= 4 is 44.7 Å². The summed E-state index contributed by atoms with van der Waals surface area (Å²) in [5, 5.41) is 7.48. The second-order valence-corrected chi connectivity index (χ2v) is 9.58. The Labute approximate surface area is 208 Å². The summed E-state index contributed by atoms with van der Waals surface area (Å²) in [6.45, 7) is 1.54. The number of Topliss-reactive ketones (excluding diaryl/α,β-unsaturated/α-hetero) is 1. The van der Waals surface area contributed by atoms with Crippen LogP contribution in [-0.2, 0) is 0 Å². The molecule has 0 spiro atoms. The van der Waals surface area contributed by atoms with Gasteiger partial charge in [0.25, 0.3) is 0 Å². The zero-order chi connectivity index (χ0) is 25.0. The van der Waals surface area contributed by atoms with Crippen LogP contribution in [0.5, 0.6) is 0 Å². The summed E-state index contributed by atoms with van der Waals surface area (Å²) in [5.41, 5.74) is 4.46. The van der Waals surface area contributed by atoms with Crippen LogP contribution in [-0.4, -0.2) is 55.0 Å². The van der Waals surface area contributed by atoms with E-state index in [1.807, 2.05) is 31.1 Å². The van der Waals surface area contributed by atoms with E-state index in [-0.39, 0.29) is 16.9 Å². The average molecular weight is 499 g/mol. The van der Waals surface area contributed by atoms with Crippen molar-refractivity contribution in [3.8, 4) is 33.2 Å². The van der Waals surface area contributed by atoms with Crippen molar-refractivity contribution in [1.82, 2.24) is 35.1 Å². The van der Waals surface area contributed by atoms with E-state index < -0.39 is 5.82 Å². The number of carbonyl (C=O) groups excluding carboxylic acids is 1. The van der Waals surface area contributed by atoms with Gasteiger partial charge in [-0.05, 0) is 25.1 Å². The van der Waals surface area contributed by atoms with Crippen LogP contribution in [0.4, 0.5) is 10.1 Å². The van der Waals surface area contributed by atoms with Crippen LogP contribution >= 0.6 is 11.3 Å². The van der Waals surface area contributed by atoms with Gasteiger partial charge in [-0.15, -0.1) is 11.3 Å². The van der Waals surface area contributed by atoms with Gasteiger partial charge >= 0.3 is 0 Å². The molecular formula is C25H19FN8OS. The molecule has 0 atom stereocenters. The smallest absolute Gasteiger partial charge is 0.169 e. The number of carbonyl (C=O) groups is 1. The molecule has 0 saturated carbocycles. The Kier molecular flexibility index (Phi) is 5.07. The Hall–Kier alpha value is -4.51. The summed E-state index contributed by atoms with van der Waals surface area (Å²) in [5.74, 6) is -0.120. The first-order chi connectivity index (χ1) is 17.4. The van der Waals surface area contributed by atoms with Crippen LogP contribution in [0.1, 0.15) is 16.6 Å². The van der Waals surface area contributed by atoms with Gasteiger partial charge in [-0.2, -0.15) is 5.10 Å². The van der Waals surface area contributed by atoms with Crippen LogP contribution in [0.25, 0.3) is 55.2 Å². The lowest BCUT2D eigenvalue weighted by Gasteiger charge is -2.13. The Morgan fingerprint density at radius 3 is 2.64 bits per heavy atom. The molecule has 6 aromatic heterocycles. The lowest BCUT2D eigenvalue weighted by molar-refractivity contribution is 0.102. The minimum atomic E-state index is -0.517. The third-order valence-corrected chi connectivity index (χ3v) is 7.11. The van der Waals surface area contributed by atoms with E-state index in [1.54, 1.807) is 37.1 Å². The minimum Gasteiger partial charge on any atom is -0.376 e. The van der Waals surface area contributed by atoms with Crippen molar-refractivity contribution < 1.29 is 9.18 Å². The molecule has 0 amide bonds. The molecule has 0 aliphatic rings. The number of hydrogen-bond donors (Lipinski definition) is 2. The molecule has 0 aliphatic heterocycles. The lowest BCUT2D eigenvalue weighted by atomic mass is 10.1. The number of pyridine rings is 3. The fraction of sp³-hybridized carbons (Fsp3) is 0.120. The van der Waals surface area contributed by atoms with Gasteiger partial charge in [0.2, 0.25) is 0 Å². The molecule has 178 valence electrons. The molecule has 9 nitrogen and oxygen atoms in total. The van der Waals surface area contributed by atoms with E-state index in [0.29, 0.717) is 38.5 Å². The maximum absolute atomic E-state index is 15.9. The zero-order valence-corrected chi connectivity index (χ0v) is 20.3. The third kappa shape index (κ3) is 3.52. The van der Waals surface area contributed by atoms with Gasteiger partial charge in [0.15, 0.2) is 17.4 Å². The molecule has 6 heterocycles. The predicted octanol–water partition coefficient (Wildman–Crippen LogP) is 5.09. The Balaban J connectivity index is 1.50. The number of nitrogens with one attached hydrogen (secondary N) is 2. The third-order valence-electron chi connectivity index (χ3n) is 5.90. The monoisotopic (exact) mass is 498 g/mol. The number of fused-ring (bicyclic) bond motifs is 2. The highest BCUT2D eigenvalue weighted by molar-refractivity contribution is 7.17. The Morgan fingerprint density at radius 1 is 1.03 bits per heavy atom. The first-order valence-electron chi connectivity index (χ1n) is 11.0. The number of ketones is 1. The van der Waals surface area contributed by atoms with Crippen molar-refractivity contribution in [3.63, 3.8) is 0 Å². The van der Waals surface area contributed by atoms with Gasteiger partial charge in [-0.25, -0.2) is 9.37 Å². The van der Waals surface area contributed by atoms with E-state index in [2.05, 4.69) is 30.1 Å². The Bertz CT molecular complexity index is 1780. The van der Waals surface area contributed by atoms with Gasteiger partial charge in [0, 0.05) is 42.5 Å². The number of imidazole rings is 1. The van der Waals surface area contributed by atoms with Crippen LogP contribution in [0.3, 0.4) is 0 Å². The number of thiophene rings is 1. The van der Waals surface area contributed by atoms with Crippen LogP contribution < -0.4 is 4.90 Å². The quantitative estimate of drug-likeness (QED) is 0.318. The van der Waals surface area contributed by atoms with E-state index in [9.17, 15) is 4.79 Å². The molecule has 36 heavy (non-hydrogen) atoms. The molecule has 6 rings (SSSR count). The van der Waals surface area contributed by atoms with E-state index in [1.165, 1.54) is 18.3 Å². The molecule has 0 unspecified atom stereocenters. The van der Waals surface area contributed by atoms with E-state index in [4.69, 9.17) is 4.98 Å². The standard InChI is InChI=1S/C25H19FN8OS/c1-12(35)18-4-5-19(36-18)15-9-28-10-17-23(15)31-25(30-17)24-20-16(32-33-24)11-29-22(21(20)26)13-6-14(34(2)3)8-27-7-13/h4-11H,1-3H3,(H,30,31)(H,32,33). The Morgan fingerprint density at radius 2 is 1.86 bits per heavy atom. The van der Waals surface area contributed by atoms with Crippen LogP contribution in [0.15, 0.2) is 49.2 Å². The highest BCUT2D eigenvalue weighted by atomic mass is 32.1. The summed E-state index contributed by atoms with van der Waals surface area (Å²) < 4.78 is 15.9. The van der Waals surface area contributed by atoms with Crippen molar-refractivity contribution in [2.75, 3.05) is 19.0 Å². The number of halogens is 1. The van der Waals surface area contributed by atoms with Gasteiger partial charge < -0.3 is 9.88 Å². The molecule has 0 fully saturated rings. The number of aromatic nitrogens is 7. The number of nitrogens with zero attached hydrogens (tertiary/aromatic N) is 6. The molecule has 11 heteroatoms. The second kappa shape index (κ2) is 8.31. The molecule has 6 aromatic rings. The normalized spacial score (nSPS) is 11.4. The predicted molar refractivity (Wildman–Crippen MR) is 138 cm³/mol. The van der Waals surface area contributed by atoms with Crippen molar-refractivity contribution in [2.24, 2.45) is 0 Å². The molecule has 0 radical (unpaired) electrons. The van der Waals surface area contributed by atoms with Gasteiger partial charge in [-0.1, -0.05) is 0 Å². The zero-order valence-electron chi connectivity index (χ0n) is 19.5. The number of hydrogen-bond acceptors (Lipinski definition) is 8. The maximum Gasteiger partial charge on any atom is 0.169 e. The molecule has 0 aliphatic carbocycles. The number of rotatable bonds is 5. The highest BCUT2D eigenvalue weighted by Gasteiger charge is 2.22. The number of anilines is 1. The fourth-order valence-electron chi connectivity index (χ4n) is 4.05. The summed E-state index contributed by atoms with van der Waals surface area (Å²) >= 11 is 1.38. The lowest BCUT2D eigenvalue weighted by Crippen LogP contribution is -2.09. The molecular weight excluding hydrogens is 479 g/mol. The maximum atomic E-state index is 15.9. The molecule has 2 N–H and O–H groups in total. The molecule has 0 aromatic carbocycles. The summed E-state index contributed by atoms with van der Waals surface area (Å²) in [6.07, 6.45) is 8.21. The first-order valence-corrected chi connectivity index (χ1v) is 11.8. The van der Waals surface area contributed by atoms with Gasteiger partial charge in [0.05, 0.1) is 45.6 Å². The summed E-state index contributed by atoms with van der Waals surface area (Å²) in [6, 6.07) is 5.50. The fourth-order valence-corrected chi connectivity index (χ4v) is 4.96. The topological polar surface area (TPSA) is 116 Å².